The molecule has 0 aromatic carbocycles. The molecule has 0 atom stereocenters. The van der Waals surface area contributed by atoms with Crippen molar-refractivity contribution in [2.75, 3.05) is 5.75 Å². The third-order valence-corrected chi connectivity index (χ3v) is 1.23. The molecule has 0 saturated heterocycles. The van der Waals surface area contributed by atoms with Gasteiger partial charge in [-0.3, -0.25) is 0 Å². The first-order valence-corrected chi connectivity index (χ1v) is 3.44. The average Bonchev–Trinajstić information content (AvgIpc) is 1.89. The standard InChI is InChI=1S/C7H7NS/c1-3-7(2)4-5-9-6-8/h1,4H,5H2,2H3/b7-4-. The Morgan fingerprint density at radius 2 is 2.56 bits per heavy atom. The van der Waals surface area contributed by atoms with Crippen molar-refractivity contribution < 1.29 is 0 Å². The highest BCUT2D eigenvalue weighted by molar-refractivity contribution is 8.03. The highest BCUT2D eigenvalue weighted by atomic mass is 32.2. The molecule has 1 nitrogen and oxygen atoms in total. The Hall–Kier alpha value is -0.860. The van der Waals surface area contributed by atoms with E-state index in [0.29, 0.717) is 5.75 Å². The van der Waals surface area contributed by atoms with Crippen molar-refractivity contribution >= 4 is 11.8 Å². The van der Waals surface area contributed by atoms with Crippen molar-refractivity contribution in [2.24, 2.45) is 0 Å². The van der Waals surface area contributed by atoms with E-state index in [0.717, 1.165) is 5.57 Å². The van der Waals surface area contributed by atoms with E-state index in [4.69, 9.17) is 11.7 Å². The third-order valence-electron chi connectivity index (χ3n) is 0.765. The van der Waals surface area contributed by atoms with E-state index in [1.54, 1.807) is 0 Å². The van der Waals surface area contributed by atoms with Gasteiger partial charge < -0.3 is 0 Å². The summed E-state index contributed by atoms with van der Waals surface area (Å²) in [5.41, 5.74) is 0.887. The van der Waals surface area contributed by atoms with Crippen LogP contribution in [0, 0.1) is 23.0 Å². The monoisotopic (exact) mass is 137 g/mol. The van der Waals surface area contributed by atoms with Crippen LogP contribution in [-0.2, 0) is 0 Å². The Morgan fingerprint density at radius 3 is 3.00 bits per heavy atom. The summed E-state index contributed by atoms with van der Waals surface area (Å²) in [4.78, 5) is 0. The number of hydrogen-bond donors (Lipinski definition) is 0. The van der Waals surface area contributed by atoms with E-state index in [2.05, 4.69) is 5.92 Å². The Labute approximate surface area is 59.8 Å². The van der Waals surface area contributed by atoms with Crippen molar-refractivity contribution in [3.63, 3.8) is 0 Å². The van der Waals surface area contributed by atoms with Gasteiger partial charge in [0.25, 0.3) is 0 Å². The number of hydrogen-bond acceptors (Lipinski definition) is 2. The van der Waals surface area contributed by atoms with Crippen LogP contribution in [0.5, 0.6) is 0 Å². The lowest BCUT2D eigenvalue weighted by atomic mass is 10.3. The molecule has 0 heterocycles. The van der Waals surface area contributed by atoms with Crippen LogP contribution in [0.15, 0.2) is 11.6 Å². The molecular weight excluding hydrogens is 130 g/mol. The van der Waals surface area contributed by atoms with Crippen LogP contribution in [0.3, 0.4) is 0 Å². The molecule has 0 bridgehead atoms. The van der Waals surface area contributed by atoms with E-state index in [1.165, 1.54) is 11.8 Å². The summed E-state index contributed by atoms with van der Waals surface area (Å²) >= 11 is 1.19. The molecule has 2 heteroatoms. The van der Waals surface area contributed by atoms with Crippen molar-refractivity contribution in [3.05, 3.63) is 11.6 Å². The van der Waals surface area contributed by atoms with Gasteiger partial charge in [-0.1, -0.05) is 12.0 Å². The van der Waals surface area contributed by atoms with E-state index in [1.807, 2.05) is 18.4 Å². The maximum absolute atomic E-state index is 8.08. The Morgan fingerprint density at radius 1 is 1.89 bits per heavy atom. The third kappa shape index (κ3) is 5.00. The van der Waals surface area contributed by atoms with Gasteiger partial charge in [0.05, 0.1) is 0 Å². The lowest BCUT2D eigenvalue weighted by Crippen LogP contribution is -1.70. The van der Waals surface area contributed by atoms with E-state index < -0.39 is 0 Å². The SMILES string of the molecule is C#C/C(C)=C\CSC#N. The topological polar surface area (TPSA) is 23.8 Å². The highest BCUT2D eigenvalue weighted by Crippen LogP contribution is 1.98. The maximum atomic E-state index is 8.08. The predicted octanol–water partition coefficient (Wildman–Crippen LogP) is 1.78. The van der Waals surface area contributed by atoms with Crippen molar-refractivity contribution in [1.82, 2.24) is 0 Å². The lowest BCUT2D eigenvalue weighted by molar-refractivity contribution is 1.53. The normalized spacial score (nSPS) is 9.89. The first kappa shape index (κ1) is 8.14. The summed E-state index contributed by atoms with van der Waals surface area (Å²) in [7, 11) is 0. The fourth-order valence-electron chi connectivity index (χ4n) is 0.263. The number of thiocyanates is 1. The molecule has 0 radical (unpaired) electrons. The summed E-state index contributed by atoms with van der Waals surface area (Å²) in [6, 6.07) is 0. The minimum atomic E-state index is 0.687. The van der Waals surface area contributed by atoms with Gasteiger partial charge in [-0.05, 0) is 24.3 Å². The molecule has 0 spiro atoms. The van der Waals surface area contributed by atoms with Gasteiger partial charge in [0.15, 0.2) is 0 Å². The van der Waals surface area contributed by atoms with Crippen LogP contribution >= 0.6 is 11.8 Å². The molecule has 0 saturated carbocycles. The summed E-state index contributed by atoms with van der Waals surface area (Å²) in [6.07, 6.45) is 6.90. The molecule has 0 N–H and O–H groups in total. The summed E-state index contributed by atoms with van der Waals surface area (Å²) in [5.74, 6) is 3.15. The Bertz CT molecular complexity index is 180. The second-order valence-corrected chi connectivity index (χ2v) is 2.24. The first-order chi connectivity index (χ1) is 4.31. The maximum Gasteiger partial charge on any atom is 0.133 e. The van der Waals surface area contributed by atoms with E-state index >= 15 is 0 Å². The van der Waals surface area contributed by atoms with E-state index in [9.17, 15) is 0 Å². The Kier molecular flexibility index (Phi) is 4.78. The van der Waals surface area contributed by atoms with Gasteiger partial charge in [0, 0.05) is 5.75 Å². The number of rotatable bonds is 2. The van der Waals surface area contributed by atoms with Gasteiger partial charge in [-0.2, -0.15) is 5.26 Å². The number of terminal acetylenes is 1. The van der Waals surface area contributed by atoms with E-state index in [-0.39, 0.29) is 0 Å². The van der Waals surface area contributed by atoms with Gasteiger partial charge in [0.1, 0.15) is 5.40 Å². The van der Waals surface area contributed by atoms with Crippen LogP contribution in [0.25, 0.3) is 0 Å². The van der Waals surface area contributed by atoms with Crippen molar-refractivity contribution in [3.8, 4) is 17.7 Å². The molecule has 0 aliphatic heterocycles. The molecule has 0 rings (SSSR count). The number of nitriles is 1. The largest absolute Gasteiger partial charge is 0.185 e. The summed E-state index contributed by atoms with van der Waals surface area (Å²) < 4.78 is 0. The predicted molar refractivity (Wildman–Crippen MR) is 40.7 cm³/mol. The molecule has 46 valence electrons. The smallest absolute Gasteiger partial charge is 0.133 e. The molecule has 0 aliphatic rings. The minimum absolute atomic E-state index is 0.687. The van der Waals surface area contributed by atoms with Crippen LogP contribution < -0.4 is 0 Å². The zero-order valence-electron chi connectivity index (χ0n) is 5.22. The summed E-state index contributed by atoms with van der Waals surface area (Å²) in [6.45, 7) is 1.85. The lowest BCUT2D eigenvalue weighted by Gasteiger charge is -1.83. The summed E-state index contributed by atoms with van der Waals surface area (Å²) in [5, 5.41) is 10.0. The average molecular weight is 137 g/mol. The molecule has 0 fully saturated rings. The number of allylic oxidation sites excluding steroid dienone is 1. The molecule has 0 aromatic heterocycles. The van der Waals surface area contributed by atoms with Crippen LogP contribution in [0.2, 0.25) is 0 Å². The molecular formula is C7H7NS. The zero-order valence-corrected chi connectivity index (χ0v) is 6.03. The molecule has 0 aromatic rings. The van der Waals surface area contributed by atoms with Crippen molar-refractivity contribution in [2.45, 2.75) is 6.92 Å². The Balaban J connectivity index is 3.50. The highest BCUT2D eigenvalue weighted by Gasteiger charge is 1.80. The minimum Gasteiger partial charge on any atom is -0.185 e. The fourth-order valence-corrected chi connectivity index (χ4v) is 0.671. The van der Waals surface area contributed by atoms with Crippen LogP contribution in [0.4, 0.5) is 0 Å². The van der Waals surface area contributed by atoms with Crippen LogP contribution in [0.1, 0.15) is 6.92 Å². The second kappa shape index (κ2) is 5.28. The van der Waals surface area contributed by atoms with Crippen LogP contribution in [-0.4, -0.2) is 5.75 Å². The van der Waals surface area contributed by atoms with Gasteiger partial charge >= 0.3 is 0 Å². The zero-order chi connectivity index (χ0) is 7.11. The number of nitrogens with zero attached hydrogens (tertiary/aromatic N) is 1. The van der Waals surface area contributed by atoms with Gasteiger partial charge in [0.2, 0.25) is 0 Å². The molecule has 9 heavy (non-hydrogen) atoms. The molecule has 0 unspecified atom stereocenters. The quantitative estimate of drug-likeness (QED) is 0.329. The fraction of sp³-hybridized carbons (Fsp3) is 0.286. The second-order valence-electron chi connectivity index (χ2n) is 1.43. The number of thioether (sulfide) groups is 1. The first-order valence-electron chi connectivity index (χ1n) is 2.45. The molecule has 0 aliphatic carbocycles. The van der Waals surface area contributed by atoms with Gasteiger partial charge in [-0.25, -0.2) is 0 Å². The van der Waals surface area contributed by atoms with Crippen molar-refractivity contribution in [1.29, 1.82) is 5.26 Å². The van der Waals surface area contributed by atoms with Gasteiger partial charge in [-0.15, -0.1) is 6.42 Å². The molecule has 0 amide bonds.